The monoisotopic (exact) mass is 281 g/mol. The molecule has 1 aliphatic rings. The second kappa shape index (κ2) is 5.72. The van der Waals surface area contributed by atoms with Crippen LogP contribution in [-0.4, -0.2) is 42.1 Å². The first-order valence-corrected chi connectivity index (χ1v) is 5.82. The number of nitro groups is 1. The van der Waals surface area contributed by atoms with E-state index in [4.69, 9.17) is 21.2 Å². The number of ether oxygens (including phenoxy) is 2. The van der Waals surface area contributed by atoms with Crippen molar-refractivity contribution in [2.24, 2.45) is 16.8 Å². The molecule has 9 nitrogen and oxygen atoms in total. The summed E-state index contributed by atoms with van der Waals surface area (Å²) < 4.78 is 10.6. The molecule has 0 radical (unpaired) electrons. The highest BCUT2D eigenvalue weighted by molar-refractivity contribution is 5.99. The first-order valence-electron chi connectivity index (χ1n) is 5.82. The van der Waals surface area contributed by atoms with E-state index in [1.807, 2.05) is 0 Å². The minimum absolute atomic E-state index is 0.0984. The van der Waals surface area contributed by atoms with Crippen LogP contribution in [0.4, 0.5) is 5.69 Å². The van der Waals surface area contributed by atoms with E-state index in [9.17, 15) is 10.1 Å². The Kier molecular flexibility index (Phi) is 4.01. The van der Waals surface area contributed by atoms with Crippen LogP contribution in [0.1, 0.15) is 5.56 Å². The van der Waals surface area contributed by atoms with Crippen LogP contribution in [0.15, 0.2) is 23.3 Å². The summed E-state index contributed by atoms with van der Waals surface area (Å²) in [4.78, 5) is 10.4. The normalized spacial score (nSPS) is 15.6. The fraction of sp³-hybridized carbons (Fsp3) is 0.364. The summed E-state index contributed by atoms with van der Waals surface area (Å²) in [5.74, 6) is 11.4. The Morgan fingerprint density at radius 1 is 1.55 bits per heavy atom. The zero-order chi connectivity index (χ0) is 14.7. The number of hydrogen-bond acceptors (Lipinski definition) is 7. The molecule has 1 fully saturated rings. The van der Waals surface area contributed by atoms with E-state index >= 15 is 0 Å². The molecule has 0 unspecified atom stereocenters. The van der Waals surface area contributed by atoms with Crippen molar-refractivity contribution in [3.05, 3.63) is 33.9 Å². The van der Waals surface area contributed by atoms with Crippen molar-refractivity contribution in [3.8, 4) is 5.75 Å². The van der Waals surface area contributed by atoms with Crippen LogP contribution in [0.2, 0.25) is 0 Å². The lowest BCUT2D eigenvalue weighted by Gasteiger charge is -2.27. The summed E-state index contributed by atoms with van der Waals surface area (Å²) in [6.45, 7) is 0.930. The highest BCUT2D eigenvalue weighted by Crippen LogP contribution is 2.25. The summed E-state index contributed by atoms with van der Waals surface area (Å²) in [6, 6.07) is 4.27. The van der Waals surface area contributed by atoms with Gasteiger partial charge in [-0.2, -0.15) is 5.10 Å². The summed E-state index contributed by atoms with van der Waals surface area (Å²) in [6.07, 6.45) is -0.0984. The Morgan fingerprint density at radius 3 is 2.70 bits per heavy atom. The summed E-state index contributed by atoms with van der Waals surface area (Å²) in [5.41, 5.74) is 0.280. The van der Waals surface area contributed by atoms with Crippen molar-refractivity contribution in [2.75, 3.05) is 20.3 Å². The fourth-order valence-electron chi connectivity index (χ4n) is 1.73. The van der Waals surface area contributed by atoms with Crippen molar-refractivity contribution in [3.63, 3.8) is 0 Å². The van der Waals surface area contributed by atoms with Gasteiger partial charge in [0.25, 0.3) is 5.69 Å². The Bertz CT molecular complexity index is 542. The van der Waals surface area contributed by atoms with Gasteiger partial charge in [0.15, 0.2) is 5.84 Å². The van der Waals surface area contributed by atoms with Crippen LogP contribution < -0.4 is 16.4 Å². The lowest BCUT2D eigenvalue weighted by Crippen LogP contribution is -2.38. The molecule has 2 rings (SSSR count). The van der Waals surface area contributed by atoms with E-state index in [1.165, 1.54) is 24.2 Å². The standard InChI is InChI=1S/C11H15N5O4/c1-15(13)11(14-12)7-2-8(16(17)18)4-9(3-7)20-10-5-19-6-10/h2-4,10H,5-6,12-13H2,1H3/b14-11-. The van der Waals surface area contributed by atoms with Crippen molar-refractivity contribution >= 4 is 11.5 Å². The lowest BCUT2D eigenvalue weighted by atomic mass is 10.1. The molecule has 108 valence electrons. The van der Waals surface area contributed by atoms with Crippen molar-refractivity contribution in [1.29, 1.82) is 0 Å². The van der Waals surface area contributed by atoms with Crippen molar-refractivity contribution in [1.82, 2.24) is 5.01 Å². The molecule has 0 aromatic heterocycles. The SMILES string of the molecule is CN(N)/C(=N\N)c1cc(OC2COC2)cc([N+](=O)[O-])c1. The third-order valence-electron chi connectivity index (χ3n) is 2.73. The summed E-state index contributed by atoms with van der Waals surface area (Å²) >= 11 is 0. The number of amidine groups is 1. The first kappa shape index (κ1) is 14.0. The van der Waals surface area contributed by atoms with Crippen LogP contribution in [0.25, 0.3) is 0 Å². The largest absolute Gasteiger partial charge is 0.485 e. The maximum Gasteiger partial charge on any atom is 0.273 e. The van der Waals surface area contributed by atoms with E-state index in [-0.39, 0.29) is 17.6 Å². The highest BCUT2D eigenvalue weighted by Gasteiger charge is 2.22. The van der Waals surface area contributed by atoms with Gasteiger partial charge >= 0.3 is 0 Å². The summed E-state index contributed by atoms with van der Waals surface area (Å²) in [5, 5.41) is 15.7. The van der Waals surface area contributed by atoms with E-state index in [0.29, 0.717) is 24.5 Å². The summed E-state index contributed by atoms with van der Waals surface area (Å²) in [7, 11) is 1.53. The van der Waals surface area contributed by atoms with Gasteiger partial charge in [-0.1, -0.05) is 0 Å². The van der Waals surface area contributed by atoms with Crippen LogP contribution in [-0.2, 0) is 4.74 Å². The van der Waals surface area contributed by atoms with E-state index in [0.717, 1.165) is 0 Å². The number of rotatable bonds is 4. The molecule has 1 aromatic rings. The van der Waals surface area contributed by atoms with Gasteiger partial charge in [0, 0.05) is 18.7 Å². The van der Waals surface area contributed by atoms with E-state index < -0.39 is 4.92 Å². The number of hydrazone groups is 1. The van der Waals surface area contributed by atoms with Gasteiger partial charge in [-0.25, -0.2) is 5.84 Å². The minimum Gasteiger partial charge on any atom is -0.485 e. The van der Waals surface area contributed by atoms with Crippen LogP contribution in [0, 0.1) is 10.1 Å². The maximum atomic E-state index is 11.0. The number of nitro benzene ring substituents is 1. The molecule has 0 atom stereocenters. The molecule has 0 bridgehead atoms. The molecule has 1 heterocycles. The van der Waals surface area contributed by atoms with Crippen LogP contribution >= 0.6 is 0 Å². The van der Waals surface area contributed by atoms with Gasteiger partial charge in [-0.05, 0) is 6.07 Å². The predicted octanol–water partition coefficient (Wildman–Crippen LogP) is -0.202. The Morgan fingerprint density at radius 2 is 2.25 bits per heavy atom. The van der Waals surface area contributed by atoms with E-state index in [2.05, 4.69) is 5.10 Å². The topological polar surface area (TPSA) is 129 Å². The van der Waals surface area contributed by atoms with Gasteiger partial charge < -0.3 is 15.3 Å². The number of nitrogens with zero attached hydrogens (tertiary/aromatic N) is 3. The Labute approximate surface area is 114 Å². The molecule has 1 saturated heterocycles. The quantitative estimate of drug-likeness (QED) is 0.257. The molecule has 9 heteroatoms. The zero-order valence-electron chi connectivity index (χ0n) is 10.9. The first-order chi connectivity index (χ1) is 9.51. The maximum absolute atomic E-state index is 11.0. The van der Waals surface area contributed by atoms with Crippen molar-refractivity contribution in [2.45, 2.75) is 6.10 Å². The van der Waals surface area contributed by atoms with Crippen LogP contribution in [0.3, 0.4) is 0 Å². The average molecular weight is 281 g/mol. The van der Waals surface area contributed by atoms with Gasteiger partial charge in [0.2, 0.25) is 0 Å². The molecular weight excluding hydrogens is 266 g/mol. The number of nitrogens with two attached hydrogens (primary N) is 2. The lowest BCUT2D eigenvalue weighted by molar-refractivity contribution is -0.385. The zero-order valence-corrected chi connectivity index (χ0v) is 10.9. The highest BCUT2D eigenvalue weighted by atomic mass is 16.6. The molecule has 1 aliphatic heterocycles. The molecule has 20 heavy (non-hydrogen) atoms. The van der Waals surface area contributed by atoms with Gasteiger partial charge in [0.1, 0.15) is 11.9 Å². The molecule has 1 aromatic carbocycles. The number of non-ortho nitro benzene ring substituents is 1. The van der Waals surface area contributed by atoms with Gasteiger partial charge in [-0.3, -0.25) is 15.1 Å². The molecule has 0 amide bonds. The minimum atomic E-state index is -0.516. The molecule has 0 spiro atoms. The number of hydrogen-bond donors (Lipinski definition) is 2. The number of hydrazine groups is 1. The Hall–Kier alpha value is -2.39. The molecule has 4 N–H and O–H groups in total. The fourth-order valence-corrected chi connectivity index (χ4v) is 1.73. The van der Waals surface area contributed by atoms with Crippen LogP contribution in [0.5, 0.6) is 5.75 Å². The average Bonchev–Trinajstić information content (AvgIpc) is 2.34. The third-order valence-corrected chi connectivity index (χ3v) is 2.73. The molecule has 0 aliphatic carbocycles. The number of benzene rings is 1. The predicted molar refractivity (Wildman–Crippen MR) is 71.0 cm³/mol. The van der Waals surface area contributed by atoms with Crippen molar-refractivity contribution < 1.29 is 14.4 Å². The third kappa shape index (κ3) is 2.95. The van der Waals surface area contributed by atoms with E-state index in [1.54, 1.807) is 6.07 Å². The van der Waals surface area contributed by atoms with Gasteiger partial charge in [0.05, 0.1) is 24.2 Å². The second-order valence-corrected chi connectivity index (χ2v) is 4.31. The smallest absolute Gasteiger partial charge is 0.273 e. The Balaban J connectivity index is 2.37. The molecular formula is C11H15N5O4. The second-order valence-electron chi connectivity index (χ2n) is 4.31. The molecule has 0 saturated carbocycles. The van der Waals surface area contributed by atoms with Gasteiger partial charge in [-0.15, -0.1) is 0 Å².